The first-order valence-electron chi connectivity index (χ1n) is 7.35. The van der Waals surface area contributed by atoms with Gasteiger partial charge in [0.2, 0.25) is 11.7 Å². The predicted octanol–water partition coefficient (Wildman–Crippen LogP) is 3.02. The van der Waals surface area contributed by atoms with Crippen molar-refractivity contribution in [3.05, 3.63) is 11.7 Å². The number of nitrogens with two attached hydrogens (primary N) is 1. The zero-order chi connectivity index (χ0) is 14.4. The van der Waals surface area contributed by atoms with Gasteiger partial charge in [-0.15, -0.1) is 0 Å². The molecule has 1 saturated carbocycles. The summed E-state index contributed by atoms with van der Waals surface area (Å²) in [6.45, 7) is 0. The van der Waals surface area contributed by atoms with Crippen molar-refractivity contribution in [3.8, 4) is 0 Å². The smallest absolute Gasteiger partial charge is 0.243 e. The Balaban J connectivity index is 2.12. The lowest BCUT2D eigenvalue weighted by Crippen LogP contribution is -2.29. The first-order chi connectivity index (χ1) is 9.72. The number of nitrogens with zero attached hydrogens (tertiary/aromatic N) is 2. The van der Waals surface area contributed by atoms with E-state index < -0.39 is 0 Å². The fourth-order valence-electron chi connectivity index (χ4n) is 2.76. The van der Waals surface area contributed by atoms with Crippen molar-refractivity contribution in [1.82, 2.24) is 10.1 Å². The molecule has 20 heavy (non-hydrogen) atoms. The summed E-state index contributed by atoms with van der Waals surface area (Å²) in [7, 11) is 1.75. The highest BCUT2D eigenvalue weighted by Gasteiger charge is 2.38. The predicted molar refractivity (Wildman–Crippen MR) is 80.6 cm³/mol. The molecule has 1 aliphatic rings. The topological polar surface area (TPSA) is 74.2 Å². The Kier molecular flexibility index (Phi) is 5.86. The number of hydrogen-bond acceptors (Lipinski definition) is 6. The molecule has 0 aliphatic heterocycles. The molecule has 0 bridgehead atoms. The van der Waals surface area contributed by atoms with Crippen LogP contribution in [-0.4, -0.2) is 29.3 Å². The van der Waals surface area contributed by atoms with Crippen LogP contribution in [0.15, 0.2) is 4.52 Å². The van der Waals surface area contributed by atoms with Gasteiger partial charge in [-0.05, 0) is 31.3 Å². The van der Waals surface area contributed by atoms with Gasteiger partial charge in [0, 0.05) is 7.11 Å². The van der Waals surface area contributed by atoms with Gasteiger partial charge in [-0.1, -0.05) is 30.8 Å². The van der Waals surface area contributed by atoms with E-state index in [0.717, 1.165) is 37.9 Å². The molecule has 1 aromatic heterocycles. The molecule has 1 fully saturated rings. The standard InChI is InChI=1S/C14H25N3O2S/c1-18-14(8-5-3-4-6-9-14)13-16-12(19-17-13)11(15)7-10-20-2/h11H,3-10,15H2,1-2H3/t11-/m1/s1. The van der Waals surface area contributed by atoms with E-state index in [9.17, 15) is 0 Å². The van der Waals surface area contributed by atoms with Crippen LogP contribution in [-0.2, 0) is 10.3 Å². The Bertz CT molecular complexity index is 403. The molecular weight excluding hydrogens is 274 g/mol. The van der Waals surface area contributed by atoms with Crippen molar-refractivity contribution in [1.29, 1.82) is 0 Å². The second-order valence-corrected chi connectivity index (χ2v) is 6.44. The molecule has 0 radical (unpaired) electrons. The fraction of sp³-hybridized carbons (Fsp3) is 0.857. The third-order valence-corrected chi connectivity index (χ3v) is 4.75. The summed E-state index contributed by atoms with van der Waals surface area (Å²) >= 11 is 1.77. The summed E-state index contributed by atoms with van der Waals surface area (Å²) in [6.07, 6.45) is 9.64. The summed E-state index contributed by atoms with van der Waals surface area (Å²) in [5, 5.41) is 4.16. The lowest BCUT2D eigenvalue weighted by molar-refractivity contribution is -0.0365. The fourth-order valence-corrected chi connectivity index (χ4v) is 3.25. The third kappa shape index (κ3) is 3.54. The molecule has 2 rings (SSSR count). The Morgan fingerprint density at radius 2 is 2.05 bits per heavy atom. The molecule has 1 aromatic rings. The highest BCUT2D eigenvalue weighted by Crippen LogP contribution is 2.37. The summed E-state index contributed by atoms with van der Waals surface area (Å²) in [5.41, 5.74) is 5.71. The number of rotatable bonds is 6. The molecule has 0 amide bonds. The Hall–Kier alpha value is -0.590. The van der Waals surface area contributed by atoms with Crippen LogP contribution in [0.4, 0.5) is 0 Å². The highest BCUT2D eigenvalue weighted by molar-refractivity contribution is 7.98. The third-order valence-electron chi connectivity index (χ3n) is 4.10. The number of thioether (sulfide) groups is 1. The van der Waals surface area contributed by atoms with Crippen LogP contribution in [0, 0.1) is 0 Å². The summed E-state index contributed by atoms with van der Waals surface area (Å²) in [6, 6.07) is -0.177. The first-order valence-corrected chi connectivity index (χ1v) is 8.75. The molecule has 5 nitrogen and oxygen atoms in total. The van der Waals surface area contributed by atoms with Crippen LogP contribution < -0.4 is 5.73 Å². The SMILES string of the molecule is COC1(c2noc([C@H](N)CCSC)n2)CCCCCC1. The molecule has 114 valence electrons. The van der Waals surface area contributed by atoms with Gasteiger partial charge in [-0.25, -0.2) is 0 Å². The Morgan fingerprint density at radius 1 is 1.35 bits per heavy atom. The lowest BCUT2D eigenvalue weighted by Gasteiger charge is -2.27. The molecule has 0 unspecified atom stereocenters. The number of methoxy groups -OCH3 is 1. The van der Waals surface area contributed by atoms with E-state index in [1.54, 1.807) is 18.9 Å². The second kappa shape index (κ2) is 7.43. The molecular formula is C14H25N3O2S. The monoisotopic (exact) mass is 299 g/mol. The van der Waals surface area contributed by atoms with Gasteiger partial charge >= 0.3 is 0 Å². The van der Waals surface area contributed by atoms with Crippen LogP contribution in [0.5, 0.6) is 0 Å². The van der Waals surface area contributed by atoms with Gasteiger partial charge in [0.05, 0.1) is 6.04 Å². The van der Waals surface area contributed by atoms with Crippen LogP contribution in [0.3, 0.4) is 0 Å². The van der Waals surface area contributed by atoms with E-state index in [1.807, 2.05) is 0 Å². The molecule has 0 aromatic carbocycles. The molecule has 2 N–H and O–H groups in total. The van der Waals surface area contributed by atoms with Gasteiger partial charge in [0.15, 0.2) is 0 Å². The zero-order valence-electron chi connectivity index (χ0n) is 12.4. The van der Waals surface area contributed by atoms with Gasteiger partial charge in [0.1, 0.15) is 5.60 Å². The quantitative estimate of drug-likeness (QED) is 0.814. The lowest BCUT2D eigenvalue weighted by atomic mass is 9.93. The number of aromatic nitrogens is 2. The van der Waals surface area contributed by atoms with Crippen molar-refractivity contribution >= 4 is 11.8 Å². The molecule has 0 saturated heterocycles. The van der Waals surface area contributed by atoms with Gasteiger partial charge < -0.3 is 15.0 Å². The van der Waals surface area contributed by atoms with Crippen molar-refractivity contribution in [2.75, 3.05) is 19.1 Å². The van der Waals surface area contributed by atoms with Crippen molar-refractivity contribution in [2.24, 2.45) is 5.73 Å². The molecule has 1 aliphatic carbocycles. The largest absolute Gasteiger partial charge is 0.370 e. The molecule has 6 heteroatoms. The normalized spacial score (nSPS) is 20.6. The maximum atomic E-state index is 6.09. The minimum absolute atomic E-state index is 0.177. The highest BCUT2D eigenvalue weighted by atomic mass is 32.2. The van der Waals surface area contributed by atoms with Gasteiger partial charge in [-0.2, -0.15) is 16.7 Å². The van der Waals surface area contributed by atoms with E-state index in [0.29, 0.717) is 11.7 Å². The maximum Gasteiger partial charge on any atom is 0.243 e. The average molecular weight is 299 g/mol. The van der Waals surface area contributed by atoms with Crippen molar-refractivity contribution < 1.29 is 9.26 Å². The first kappa shape index (κ1) is 15.8. The molecule has 1 heterocycles. The Morgan fingerprint density at radius 3 is 2.65 bits per heavy atom. The van der Waals surface area contributed by atoms with Crippen LogP contribution in [0.2, 0.25) is 0 Å². The molecule has 1 atom stereocenters. The number of hydrogen-bond donors (Lipinski definition) is 1. The maximum absolute atomic E-state index is 6.09. The summed E-state index contributed by atoms with van der Waals surface area (Å²) in [5.74, 6) is 2.21. The van der Waals surface area contributed by atoms with Crippen LogP contribution in [0.25, 0.3) is 0 Å². The van der Waals surface area contributed by atoms with E-state index in [2.05, 4.69) is 16.4 Å². The van der Waals surface area contributed by atoms with Gasteiger partial charge in [-0.3, -0.25) is 0 Å². The number of ether oxygens (including phenoxy) is 1. The van der Waals surface area contributed by atoms with E-state index >= 15 is 0 Å². The van der Waals surface area contributed by atoms with E-state index in [-0.39, 0.29) is 11.6 Å². The van der Waals surface area contributed by atoms with Crippen molar-refractivity contribution in [3.63, 3.8) is 0 Å². The minimum atomic E-state index is -0.378. The van der Waals surface area contributed by atoms with Crippen LogP contribution in [0.1, 0.15) is 62.7 Å². The van der Waals surface area contributed by atoms with Gasteiger partial charge in [0.25, 0.3) is 0 Å². The molecule has 0 spiro atoms. The second-order valence-electron chi connectivity index (χ2n) is 5.46. The van der Waals surface area contributed by atoms with E-state index in [1.165, 1.54) is 12.8 Å². The average Bonchev–Trinajstić information content (AvgIpc) is 2.85. The van der Waals surface area contributed by atoms with Crippen molar-refractivity contribution in [2.45, 2.75) is 56.6 Å². The minimum Gasteiger partial charge on any atom is -0.370 e. The van der Waals surface area contributed by atoms with E-state index in [4.69, 9.17) is 15.0 Å². The Labute approximate surface area is 125 Å². The summed E-state index contributed by atoms with van der Waals surface area (Å²) < 4.78 is 11.2. The summed E-state index contributed by atoms with van der Waals surface area (Å²) in [4.78, 5) is 4.53. The van der Waals surface area contributed by atoms with Crippen LogP contribution >= 0.6 is 11.8 Å². The zero-order valence-corrected chi connectivity index (χ0v) is 13.2.